The number of aliphatic carboxylic acids is 1. The molecule has 2 aromatic heterocycles. The number of aromatic nitrogens is 2. The zero-order chi connectivity index (χ0) is 29.3. The summed E-state index contributed by atoms with van der Waals surface area (Å²) in [6.07, 6.45) is 4.28. The summed E-state index contributed by atoms with van der Waals surface area (Å²) in [5, 5.41) is 14.0. The molecule has 2 atom stereocenters. The summed E-state index contributed by atoms with van der Waals surface area (Å²) >= 11 is 14.5. The first kappa shape index (κ1) is 29.1. The number of carbonyl (C=O) groups is 3. The number of carboxylic acids is 1. The van der Waals surface area contributed by atoms with Crippen LogP contribution in [0.15, 0.2) is 48.8 Å². The van der Waals surface area contributed by atoms with Gasteiger partial charge in [-0.2, -0.15) is 0 Å². The van der Waals surface area contributed by atoms with E-state index in [9.17, 15) is 14.4 Å². The predicted octanol–water partition coefficient (Wildman–Crippen LogP) is 5.74. The second kappa shape index (κ2) is 12.2. The minimum absolute atomic E-state index is 0.000281. The predicted molar refractivity (Wildman–Crippen MR) is 159 cm³/mol. The van der Waals surface area contributed by atoms with Crippen molar-refractivity contribution in [2.24, 2.45) is 7.05 Å². The van der Waals surface area contributed by atoms with Crippen molar-refractivity contribution in [2.75, 3.05) is 19.0 Å². The van der Waals surface area contributed by atoms with E-state index in [4.69, 9.17) is 33.0 Å². The van der Waals surface area contributed by atoms with Gasteiger partial charge in [-0.05, 0) is 30.2 Å². The third-order valence-electron chi connectivity index (χ3n) is 7.23. The number of hydrogen-bond donors (Lipinski definition) is 2. The molecular weight excluding hydrogens is 587 g/mol. The lowest BCUT2D eigenvalue weighted by Crippen LogP contribution is -2.33. The van der Waals surface area contributed by atoms with Crippen LogP contribution in [0.2, 0.25) is 10.0 Å². The number of rotatable bonds is 9. The quantitative estimate of drug-likeness (QED) is 0.248. The number of hydrogen-bond acceptors (Lipinski definition) is 6. The molecule has 214 valence electrons. The van der Waals surface area contributed by atoms with E-state index in [0.717, 1.165) is 20.8 Å². The topological polar surface area (TPSA) is 114 Å². The molecule has 0 unspecified atom stereocenters. The average Bonchev–Trinajstić information content (AvgIpc) is 3.67. The van der Waals surface area contributed by atoms with E-state index in [1.54, 1.807) is 36.5 Å². The summed E-state index contributed by atoms with van der Waals surface area (Å²) in [4.78, 5) is 44.6. The summed E-state index contributed by atoms with van der Waals surface area (Å²) in [5.74, 6) is -1.35. The highest BCUT2D eigenvalue weighted by atomic mass is 35.5. The van der Waals surface area contributed by atoms with Crippen molar-refractivity contribution >= 4 is 68.9 Å². The van der Waals surface area contributed by atoms with Crippen LogP contribution >= 0.6 is 34.5 Å². The highest BCUT2D eigenvalue weighted by Gasteiger charge is 2.38. The molecule has 1 aliphatic heterocycles. The molecule has 12 heteroatoms. The highest BCUT2D eigenvalue weighted by Crippen LogP contribution is 2.37. The number of carbonyl (C=O) groups excluding carboxylic acids is 2. The minimum Gasteiger partial charge on any atom is -0.481 e. The Balaban J connectivity index is 1.31. The maximum atomic E-state index is 13.5. The maximum Gasteiger partial charge on any atom is 0.303 e. The monoisotopic (exact) mass is 614 g/mol. The van der Waals surface area contributed by atoms with Gasteiger partial charge in [-0.3, -0.25) is 14.4 Å². The van der Waals surface area contributed by atoms with E-state index < -0.39 is 5.97 Å². The van der Waals surface area contributed by atoms with Crippen LogP contribution in [-0.2, 0) is 34.2 Å². The molecule has 2 N–H and O–H groups in total. The van der Waals surface area contributed by atoms with Crippen LogP contribution in [0.1, 0.15) is 44.7 Å². The molecular formula is C29H28Cl2N4O5S. The lowest BCUT2D eigenvalue weighted by Gasteiger charge is -2.23. The fourth-order valence-corrected chi connectivity index (χ4v) is 6.60. The first-order valence-corrected chi connectivity index (χ1v) is 14.5. The van der Waals surface area contributed by atoms with Crippen LogP contribution in [0.4, 0.5) is 5.69 Å². The summed E-state index contributed by atoms with van der Waals surface area (Å²) in [7, 11) is 3.49. The molecule has 0 aliphatic carbocycles. The van der Waals surface area contributed by atoms with E-state index in [1.165, 1.54) is 11.3 Å². The number of fused-ring (bicyclic) bond motifs is 1. The highest BCUT2D eigenvalue weighted by molar-refractivity contribution is 7.11. The summed E-state index contributed by atoms with van der Waals surface area (Å²) in [6.45, 7) is 0.397. The van der Waals surface area contributed by atoms with Gasteiger partial charge in [0.05, 0.1) is 41.3 Å². The minimum atomic E-state index is -0.869. The van der Waals surface area contributed by atoms with Crippen molar-refractivity contribution in [3.8, 4) is 0 Å². The summed E-state index contributed by atoms with van der Waals surface area (Å²) < 4.78 is 7.44. The smallest absolute Gasteiger partial charge is 0.303 e. The summed E-state index contributed by atoms with van der Waals surface area (Å²) in [6, 6.07) is 10.5. The number of anilines is 1. The van der Waals surface area contributed by atoms with Gasteiger partial charge in [-0.15, -0.1) is 11.3 Å². The van der Waals surface area contributed by atoms with Gasteiger partial charge in [0.2, 0.25) is 5.91 Å². The number of likely N-dealkylation sites (tertiary alicyclic amines) is 1. The van der Waals surface area contributed by atoms with Gasteiger partial charge in [0.15, 0.2) is 0 Å². The third-order valence-corrected chi connectivity index (χ3v) is 9.05. The Morgan fingerprint density at radius 2 is 1.98 bits per heavy atom. The molecule has 9 nitrogen and oxygen atoms in total. The number of nitrogens with zero attached hydrogens (tertiary/aromatic N) is 3. The molecule has 2 amide bonds. The molecule has 41 heavy (non-hydrogen) atoms. The molecule has 1 fully saturated rings. The number of thiazole rings is 1. The summed E-state index contributed by atoms with van der Waals surface area (Å²) in [5.41, 5.74) is 2.32. The van der Waals surface area contributed by atoms with E-state index in [1.807, 2.05) is 35.9 Å². The Kier molecular flexibility index (Phi) is 8.65. The van der Waals surface area contributed by atoms with Crippen LogP contribution in [0.25, 0.3) is 10.9 Å². The van der Waals surface area contributed by atoms with Gasteiger partial charge >= 0.3 is 5.97 Å². The molecule has 0 saturated carbocycles. The van der Waals surface area contributed by atoms with Crippen LogP contribution < -0.4 is 5.32 Å². The van der Waals surface area contributed by atoms with E-state index in [-0.39, 0.29) is 41.8 Å². The second-order valence-corrected chi connectivity index (χ2v) is 11.9. The lowest BCUT2D eigenvalue weighted by atomic mass is 10.1. The zero-order valence-electron chi connectivity index (χ0n) is 22.4. The third kappa shape index (κ3) is 6.25. The number of aryl methyl sites for hydroxylation is 2. The molecule has 0 radical (unpaired) electrons. The van der Waals surface area contributed by atoms with Crippen LogP contribution in [-0.4, -0.2) is 57.1 Å². The van der Waals surface area contributed by atoms with Crippen molar-refractivity contribution in [2.45, 2.75) is 37.8 Å². The number of para-hydroxylation sites is 1. The number of ether oxygens (including phenoxy) is 1. The Labute approximate surface area is 250 Å². The Bertz CT molecular complexity index is 1630. The van der Waals surface area contributed by atoms with Crippen molar-refractivity contribution in [1.82, 2.24) is 14.5 Å². The van der Waals surface area contributed by atoms with Gasteiger partial charge in [-0.25, -0.2) is 4.98 Å². The van der Waals surface area contributed by atoms with Gasteiger partial charge in [0.25, 0.3) is 5.91 Å². The average molecular weight is 616 g/mol. The SMILES string of the molecule is CO[C@H]1C[C@@H](c2ncc(CCC(=O)O)s2)N(C(=O)Cc2cc(Cl)c(NC(=O)c3cn(C)c4ccccc34)cc2Cl)C1. The van der Waals surface area contributed by atoms with Crippen molar-refractivity contribution in [1.29, 1.82) is 0 Å². The largest absolute Gasteiger partial charge is 0.481 e. The molecule has 0 spiro atoms. The van der Waals surface area contributed by atoms with Gasteiger partial charge < -0.3 is 24.6 Å². The van der Waals surface area contributed by atoms with Crippen LogP contribution in [0, 0.1) is 0 Å². The number of amides is 2. The van der Waals surface area contributed by atoms with E-state index in [2.05, 4.69) is 10.3 Å². The molecule has 4 aromatic rings. The Morgan fingerprint density at radius 3 is 2.73 bits per heavy atom. The number of halogens is 2. The number of methoxy groups -OCH3 is 1. The van der Waals surface area contributed by atoms with Crippen molar-refractivity contribution < 1.29 is 24.2 Å². The second-order valence-electron chi connectivity index (χ2n) is 9.94. The van der Waals surface area contributed by atoms with Gasteiger partial charge in [0.1, 0.15) is 5.01 Å². The van der Waals surface area contributed by atoms with Gasteiger partial charge in [-0.1, -0.05) is 41.4 Å². The zero-order valence-corrected chi connectivity index (χ0v) is 24.7. The van der Waals surface area contributed by atoms with Crippen LogP contribution in [0.3, 0.4) is 0 Å². The maximum absolute atomic E-state index is 13.5. The van der Waals surface area contributed by atoms with Crippen molar-refractivity contribution in [3.63, 3.8) is 0 Å². The Hall–Kier alpha value is -3.44. The molecule has 5 rings (SSSR count). The number of nitrogens with one attached hydrogen (secondary N) is 1. The molecule has 1 aliphatic rings. The van der Waals surface area contributed by atoms with E-state index in [0.29, 0.717) is 41.2 Å². The fourth-order valence-electron chi connectivity index (χ4n) is 5.10. The molecule has 3 heterocycles. The Morgan fingerprint density at radius 1 is 1.20 bits per heavy atom. The normalized spacial score (nSPS) is 16.8. The first-order chi connectivity index (χ1) is 19.6. The van der Waals surface area contributed by atoms with Crippen LogP contribution in [0.5, 0.6) is 0 Å². The number of carboxylic acid groups (broad SMARTS) is 1. The van der Waals surface area contributed by atoms with E-state index >= 15 is 0 Å². The van der Waals surface area contributed by atoms with Gasteiger partial charge in [0, 0.05) is 60.3 Å². The molecule has 0 bridgehead atoms. The number of benzene rings is 2. The first-order valence-electron chi connectivity index (χ1n) is 13.0. The lowest BCUT2D eigenvalue weighted by molar-refractivity contribution is -0.137. The van der Waals surface area contributed by atoms with Crippen molar-refractivity contribution in [3.05, 3.63) is 79.8 Å². The standard InChI is InChI=1S/C29H28Cl2N4O5S/c1-34-15-20(19-5-3-4-6-24(19)34)28(39)33-23-12-21(30)16(9-22(23)31)10-26(36)35-14-17(40-2)11-25(35)29-32-13-18(41-29)7-8-27(37)38/h3-6,9,12-13,15,17,25H,7-8,10-11,14H2,1-2H3,(H,33,39)(H,37,38)/t17-,25-/m0/s1. The molecule has 2 aromatic carbocycles. The fraction of sp³-hybridized carbons (Fsp3) is 0.310. The molecule has 1 saturated heterocycles.